The van der Waals surface area contributed by atoms with Crippen molar-refractivity contribution in [3.63, 3.8) is 0 Å². The summed E-state index contributed by atoms with van der Waals surface area (Å²) < 4.78 is 57.3. The van der Waals surface area contributed by atoms with Gasteiger partial charge in [-0.25, -0.2) is 9.59 Å². The quantitative estimate of drug-likeness (QED) is 0.0361. The SMILES string of the molecule is C=C(CO)C(=C)C(=O)OCOc1cc(OCOC(=O)C(=C)CCO)cc(C(F)(F)Oc2ccc(-c3ccc(C4CCC(CCCCC)CC4)cc3)cc2)c1. The van der Waals surface area contributed by atoms with Crippen molar-refractivity contribution in [3.05, 3.63) is 114 Å². The highest BCUT2D eigenvalue weighted by molar-refractivity contribution is 5.92. The Morgan fingerprint density at radius 3 is 1.89 bits per heavy atom. The minimum Gasteiger partial charge on any atom is -0.457 e. The van der Waals surface area contributed by atoms with Crippen molar-refractivity contribution in [2.75, 3.05) is 26.8 Å². The Morgan fingerprint density at radius 1 is 0.759 bits per heavy atom. The smallest absolute Gasteiger partial charge is 0.426 e. The summed E-state index contributed by atoms with van der Waals surface area (Å²) in [6.07, 6.45) is 6.29. The predicted molar refractivity (Wildman–Crippen MR) is 201 cm³/mol. The molecule has 3 aromatic carbocycles. The van der Waals surface area contributed by atoms with Crippen molar-refractivity contribution in [2.45, 2.75) is 76.7 Å². The van der Waals surface area contributed by atoms with Crippen LogP contribution in [0.5, 0.6) is 17.2 Å². The van der Waals surface area contributed by atoms with E-state index in [-0.39, 0.29) is 47.0 Å². The summed E-state index contributed by atoms with van der Waals surface area (Å²) in [5, 5.41) is 18.2. The Bertz CT molecular complexity index is 1730. The highest BCUT2D eigenvalue weighted by Gasteiger charge is 2.36. The summed E-state index contributed by atoms with van der Waals surface area (Å²) >= 11 is 0. The molecule has 2 N–H and O–H groups in total. The molecular formula is C43H50F2O9. The molecule has 0 spiro atoms. The van der Waals surface area contributed by atoms with Gasteiger partial charge in [0.2, 0.25) is 13.6 Å². The highest BCUT2D eigenvalue weighted by atomic mass is 19.3. The second-order valence-electron chi connectivity index (χ2n) is 13.4. The van der Waals surface area contributed by atoms with Gasteiger partial charge in [-0.1, -0.05) is 88.7 Å². The van der Waals surface area contributed by atoms with Crippen LogP contribution in [0.3, 0.4) is 0 Å². The molecule has 1 aliphatic rings. The minimum absolute atomic E-state index is 0.000320. The number of halogens is 2. The van der Waals surface area contributed by atoms with Crippen LogP contribution in [0.1, 0.15) is 81.8 Å². The lowest BCUT2D eigenvalue weighted by molar-refractivity contribution is -0.185. The van der Waals surface area contributed by atoms with Gasteiger partial charge in [0.1, 0.15) is 17.2 Å². The van der Waals surface area contributed by atoms with Gasteiger partial charge >= 0.3 is 18.0 Å². The monoisotopic (exact) mass is 748 g/mol. The Hall–Kier alpha value is -5.00. The van der Waals surface area contributed by atoms with Crippen LogP contribution in [0, 0.1) is 5.92 Å². The lowest BCUT2D eigenvalue weighted by atomic mass is 9.77. The van der Waals surface area contributed by atoms with E-state index in [9.17, 15) is 9.59 Å². The van der Waals surface area contributed by atoms with Gasteiger partial charge in [0.15, 0.2) is 0 Å². The topological polar surface area (TPSA) is 121 Å². The zero-order valence-electron chi connectivity index (χ0n) is 30.8. The van der Waals surface area contributed by atoms with E-state index in [1.807, 2.05) is 0 Å². The number of ether oxygens (including phenoxy) is 5. The van der Waals surface area contributed by atoms with E-state index < -0.39 is 43.8 Å². The van der Waals surface area contributed by atoms with Crippen molar-refractivity contribution >= 4 is 11.9 Å². The minimum atomic E-state index is -3.90. The molecule has 0 amide bonds. The van der Waals surface area contributed by atoms with E-state index in [1.165, 1.54) is 75.1 Å². The molecule has 54 heavy (non-hydrogen) atoms. The zero-order chi connectivity index (χ0) is 39.1. The fourth-order valence-corrected chi connectivity index (χ4v) is 6.21. The van der Waals surface area contributed by atoms with Gasteiger partial charge in [0.05, 0.1) is 17.7 Å². The third kappa shape index (κ3) is 12.3. The molecule has 0 unspecified atom stereocenters. The largest absolute Gasteiger partial charge is 0.457 e. The number of unbranched alkanes of at least 4 members (excludes halogenated alkanes) is 2. The maximum absolute atomic E-state index is 15.7. The van der Waals surface area contributed by atoms with Crippen LogP contribution in [0.2, 0.25) is 0 Å². The van der Waals surface area contributed by atoms with Crippen molar-refractivity contribution in [1.29, 1.82) is 0 Å². The fraction of sp³-hybridized carbons (Fsp3) is 0.395. The Kier molecular flexibility index (Phi) is 15.8. The number of hydrogen-bond acceptors (Lipinski definition) is 9. The standard InChI is InChI=1S/C43H50F2O9/c1-5-6-7-8-32-9-11-33(12-10-32)34-13-15-35(16-14-34)36-17-19-38(20-18-36)54-43(44,45)37-23-39(50-27-52-41(48)29(2)21-22-46)25-40(24-37)51-28-53-42(49)31(4)30(3)26-47/h13-20,23-25,32-33,46-47H,2-12,21-22,26-28H2,1H3. The van der Waals surface area contributed by atoms with E-state index in [2.05, 4.69) is 50.9 Å². The van der Waals surface area contributed by atoms with Crippen LogP contribution in [0.4, 0.5) is 8.78 Å². The molecule has 0 aliphatic heterocycles. The molecule has 290 valence electrons. The van der Waals surface area contributed by atoms with Crippen molar-refractivity contribution in [3.8, 4) is 28.4 Å². The van der Waals surface area contributed by atoms with Gasteiger partial charge in [0, 0.05) is 24.7 Å². The van der Waals surface area contributed by atoms with Crippen LogP contribution in [0.25, 0.3) is 11.1 Å². The summed E-state index contributed by atoms with van der Waals surface area (Å²) in [6, 6.07) is 18.0. The first-order chi connectivity index (χ1) is 25.9. The first-order valence-corrected chi connectivity index (χ1v) is 18.2. The number of esters is 2. The Morgan fingerprint density at radius 2 is 1.33 bits per heavy atom. The highest BCUT2D eigenvalue weighted by Crippen LogP contribution is 2.39. The number of carbonyl (C=O) groups is 2. The molecule has 0 aromatic heterocycles. The molecule has 4 rings (SSSR count). The second-order valence-corrected chi connectivity index (χ2v) is 13.4. The number of alkyl halides is 2. The molecular weight excluding hydrogens is 698 g/mol. The van der Waals surface area contributed by atoms with Gasteiger partial charge in [0.25, 0.3) is 0 Å². The summed E-state index contributed by atoms with van der Waals surface area (Å²) in [5.41, 5.74) is 2.32. The third-order valence-corrected chi connectivity index (χ3v) is 9.49. The molecule has 0 saturated heterocycles. The number of carbonyl (C=O) groups excluding carboxylic acids is 2. The molecule has 0 bridgehead atoms. The molecule has 1 fully saturated rings. The molecule has 0 atom stereocenters. The van der Waals surface area contributed by atoms with Gasteiger partial charge in [-0.2, -0.15) is 8.78 Å². The summed E-state index contributed by atoms with van der Waals surface area (Å²) in [5.74, 6) is -0.839. The molecule has 9 nitrogen and oxygen atoms in total. The second kappa shape index (κ2) is 20.5. The number of aliphatic hydroxyl groups is 2. The first-order valence-electron chi connectivity index (χ1n) is 18.2. The van der Waals surface area contributed by atoms with Crippen LogP contribution in [-0.4, -0.2) is 49.0 Å². The maximum Gasteiger partial charge on any atom is 0.426 e. The summed E-state index contributed by atoms with van der Waals surface area (Å²) in [7, 11) is 0. The van der Waals surface area contributed by atoms with Crippen LogP contribution >= 0.6 is 0 Å². The molecule has 11 heteroatoms. The van der Waals surface area contributed by atoms with Crippen molar-refractivity contribution in [1.82, 2.24) is 0 Å². The summed E-state index contributed by atoms with van der Waals surface area (Å²) in [4.78, 5) is 24.2. The third-order valence-electron chi connectivity index (χ3n) is 9.49. The fourth-order valence-electron chi connectivity index (χ4n) is 6.21. The van der Waals surface area contributed by atoms with Gasteiger partial charge in [-0.05, 0) is 84.0 Å². The van der Waals surface area contributed by atoms with Crippen LogP contribution < -0.4 is 14.2 Å². The average molecular weight is 749 g/mol. The van der Waals surface area contributed by atoms with Crippen LogP contribution in [0.15, 0.2) is 103 Å². The van der Waals surface area contributed by atoms with E-state index in [0.29, 0.717) is 5.92 Å². The van der Waals surface area contributed by atoms with Crippen LogP contribution in [-0.2, 0) is 25.2 Å². The Balaban J connectivity index is 1.42. The number of aliphatic hydroxyl groups excluding tert-OH is 2. The predicted octanol–water partition coefficient (Wildman–Crippen LogP) is 9.14. The lowest BCUT2D eigenvalue weighted by Gasteiger charge is -2.29. The van der Waals surface area contributed by atoms with E-state index >= 15 is 8.78 Å². The molecule has 3 aromatic rings. The number of rotatable bonds is 21. The average Bonchev–Trinajstić information content (AvgIpc) is 3.18. The molecule has 1 aliphatic carbocycles. The molecule has 0 heterocycles. The lowest BCUT2D eigenvalue weighted by Crippen LogP contribution is -2.22. The first kappa shape index (κ1) is 41.8. The Labute approximate surface area is 315 Å². The van der Waals surface area contributed by atoms with E-state index in [4.69, 9.17) is 33.9 Å². The van der Waals surface area contributed by atoms with Gasteiger partial charge < -0.3 is 33.9 Å². The van der Waals surface area contributed by atoms with Gasteiger partial charge in [-0.3, -0.25) is 0 Å². The number of hydrogen-bond donors (Lipinski definition) is 2. The van der Waals surface area contributed by atoms with Gasteiger partial charge in [-0.15, -0.1) is 0 Å². The van der Waals surface area contributed by atoms with Crippen molar-refractivity contribution < 1.29 is 52.3 Å². The van der Waals surface area contributed by atoms with Crippen molar-refractivity contribution in [2.24, 2.45) is 5.92 Å². The zero-order valence-corrected chi connectivity index (χ0v) is 30.8. The van der Waals surface area contributed by atoms with E-state index in [0.717, 1.165) is 29.2 Å². The summed E-state index contributed by atoms with van der Waals surface area (Å²) in [6.45, 7) is 10.5. The molecule has 0 radical (unpaired) electrons. The number of benzene rings is 3. The maximum atomic E-state index is 15.7. The molecule has 1 saturated carbocycles. The van der Waals surface area contributed by atoms with E-state index in [1.54, 1.807) is 12.1 Å². The normalized spacial score (nSPS) is 15.5.